The molecule has 0 saturated carbocycles. The summed E-state index contributed by atoms with van der Waals surface area (Å²) < 4.78 is 17.1. The molecule has 9 nitrogen and oxygen atoms in total. The molecule has 0 aliphatic heterocycles. The minimum atomic E-state index is -0.676. The molecule has 2 aromatic carbocycles. The third-order valence-electron chi connectivity index (χ3n) is 4.83. The second-order valence-electron chi connectivity index (χ2n) is 6.91. The molecule has 4 aromatic rings. The van der Waals surface area contributed by atoms with Crippen molar-refractivity contribution < 1.29 is 18.7 Å². The van der Waals surface area contributed by atoms with E-state index in [4.69, 9.17) is 19.6 Å². The third kappa shape index (κ3) is 4.22. The van der Waals surface area contributed by atoms with Crippen LogP contribution < -0.4 is 15.2 Å². The molecule has 0 saturated heterocycles. The summed E-state index contributed by atoms with van der Waals surface area (Å²) in [7, 11) is 1.42. The highest BCUT2D eigenvalue weighted by molar-refractivity contribution is 5.92. The number of nitrogen functional groups attached to an aromatic ring is 1. The molecule has 0 amide bonds. The first kappa shape index (κ1) is 21.9. The van der Waals surface area contributed by atoms with Gasteiger partial charge in [-0.2, -0.15) is 15.6 Å². The average molecular weight is 451 g/mol. The number of furan rings is 1. The van der Waals surface area contributed by atoms with Gasteiger partial charge in [-0.25, -0.2) is 9.48 Å². The van der Waals surface area contributed by atoms with Gasteiger partial charge in [-0.3, -0.25) is 0 Å². The number of allylic oxidation sites excluding steroid dienone is 1. The third-order valence-corrected chi connectivity index (χ3v) is 4.83. The SMILES string of the molecule is COc1cc(/C=C(\C#N)c2nn(-c3ccccc3)c(N)c2C#N)ccc1OC(=O)c1ccco1. The lowest BCUT2D eigenvalue weighted by Crippen LogP contribution is -2.08. The zero-order valence-electron chi connectivity index (χ0n) is 17.9. The van der Waals surface area contributed by atoms with Crippen LogP contribution in [0, 0.1) is 22.7 Å². The van der Waals surface area contributed by atoms with E-state index >= 15 is 0 Å². The molecule has 34 heavy (non-hydrogen) atoms. The number of rotatable bonds is 6. The molecule has 0 spiro atoms. The summed E-state index contributed by atoms with van der Waals surface area (Å²) in [6.45, 7) is 0. The number of esters is 1. The van der Waals surface area contributed by atoms with E-state index in [2.05, 4.69) is 11.2 Å². The fourth-order valence-electron chi connectivity index (χ4n) is 3.22. The minimum absolute atomic E-state index is 0.0495. The van der Waals surface area contributed by atoms with Gasteiger partial charge < -0.3 is 19.6 Å². The first-order valence-corrected chi connectivity index (χ1v) is 9.95. The standard InChI is InChI=1S/C25H17N5O4/c1-32-22-13-16(9-10-20(22)34-25(31)21-8-5-11-33-21)12-17(14-26)23-19(15-27)24(28)30(29-23)18-6-3-2-4-7-18/h2-13H,28H2,1H3/b17-12+. The Morgan fingerprint density at radius 3 is 2.56 bits per heavy atom. The summed E-state index contributed by atoms with van der Waals surface area (Å²) in [4.78, 5) is 12.2. The van der Waals surface area contributed by atoms with E-state index in [0.29, 0.717) is 11.3 Å². The Balaban J connectivity index is 1.70. The van der Waals surface area contributed by atoms with E-state index in [1.54, 1.807) is 36.4 Å². The molecule has 4 rings (SSSR count). The van der Waals surface area contributed by atoms with E-state index in [1.165, 1.54) is 30.2 Å². The lowest BCUT2D eigenvalue weighted by Gasteiger charge is -2.09. The van der Waals surface area contributed by atoms with Gasteiger partial charge in [0.1, 0.15) is 29.2 Å². The molecular formula is C25H17N5O4. The van der Waals surface area contributed by atoms with E-state index < -0.39 is 5.97 Å². The number of benzene rings is 2. The number of hydrogen-bond acceptors (Lipinski definition) is 8. The Labute approximate surface area is 194 Å². The Morgan fingerprint density at radius 2 is 1.91 bits per heavy atom. The average Bonchev–Trinajstić information content (AvgIpc) is 3.52. The fourth-order valence-corrected chi connectivity index (χ4v) is 3.22. The summed E-state index contributed by atoms with van der Waals surface area (Å²) in [6, 6.07) is 21.0. The maximum Gasteiger partial charge on any atom is 0.379 e. The smallest absolute Gasteiger partial charge is 0.379 e. The van der Waals surface area contributed by atoms with Gasteiger partial charge in [0.25, 0.3) is 0 Å². The number of anilines is 1. The molecule has 0 aliphatic rings. The highest BCUT2D eigenvalue weighted by atomic mass is 16.6. The summed E-state index contributed by atoms with van der Waals surface area (Å²) in [5.41, 5.74) is 7.73. The number of carbonyl (C=O) groups is 1. The highest BCUT2D eigenvalue weighted by Crippen LogP contribution is 2.32. The van der Waals surface area contributed by atoms with E-state index in [1.807, 2.05) is 24.3 Å². The molecule has 0 bridgehead atoms. The number of nitrogens with zero attached hydrogens (tertiary/aromatic N) is 4. The van der Waals surface area contributed by atoms with Gasteiger partial charge in [0, 0.05) is 0 Å². The normalized spacial score (nSPS) is 10.9. The van der Waals surface area contributed by atoms with Crippen LogP contribution in [0.25, 0.3) is 17.3 Å². The Kier molecular flexibility index (Phi) is 6.11. The number of nitriles is 2. The summed E-state index contributed by atoms with van der Waals surface area (Å²) in [5.74, 6) is -0.0587. The Morgan fingerprint density at radius 1 is 1.12 bits per heavy atom. The lowest BCUT2D eigenvalue weighted by molar-refractivity contribution is 0.0696. The van der Waals surface area contributed by atoms with Crippen molar-refractivity contribution in [3.8, 4) is 29.3 Å². The van der Waals surface area contributed by atoms with Crippen LogP contribution in [0.2, 0.25) is 0 Å². The second kappa shape index (κ2) is 9.47. The van der Waals surface area contributed by atoms with Gasteiger partial charge in [-0.05, 0) is 48.0 Å². The van der Waals surface area contributed by atoms with Gasteiger partial charge in [0.2, 0.25) is 5.76 Å². The van der Waals surface area contributed by atoms with Crippen molar-refractivity contribution in [2.75, 3.05) is 12.8 Å². The van der Waals surface area contributed by atoms with Crippen LogP contribution in [-0.4, -0.2) is 22.9 Å². The lowest BCUT2D eigenvalue weighted by atomic mass is 10.1. The predicted molar refractivity (Wildman–Crippen MR) is 123 cm³/mol. The molecule has 0 unspecified atom stereocenters. The predicted octanol–water partition coefficient (Wildman–Crippen LogP) is 4.21. The topological polar surface area (TPSA) is 140 Å². The molecule has 9 heteroatoms. The van der Waals surface area contributed by atoms with Gasteiger partial charge in [0.05, 0.1) is 24.6 Å². The molecule has 166 valence electrons. The van der Waals surface area contributed by atoms with Gasteiger partial charge in [-0.15, -0.1) is 0 Å². The van der Waals surface area contributed by atoms with Crippen molar-refractivity contribution in [2.24, 2.45) is 0 Å². The first-order chi connectivity index (χ1) is 16.5. The largest absolute Gasteiger partial charge is 0.493 e. The van der Waals surface area contributed by atoms with Crippen LogP contribution in [0.15, 0.2) is 71.3 Å². The molecule has 0 fully saturated rings. The fraction of sp³-hybridized carbons (Fsp3) is 0.0400. The Hall–Kier alpha value is -5.28. The molecule has 0 aliphatic carbocycles. The molecule has 2 N–H and O–H groups in total. The number of hydrogen-bond donors (Lipinski definition) is 1. The van der Waals surface area contributed by atoms with Crippen LogP contribution in [-0.2, 0) is 0 Å². The maximum atomic E-state index is 12.2. The monoisotopic (exact) mass is 451 g/mol. The molecule has 0 atom stereocenters. The Bertz CT molecular complexity index is 1460. The number of nitrogens with two attached hydrogens (primary N) is 1. The van der Waals surface area contributed by atoms with E-state index in [0.717, 1.165) is 0 Å². The first-order valence-electron chi connectivity index (χ1n) is 9.95. The van der Waals surface area contributed by atoms with Gasteiger partial charge >= 0.3 is 5.97 Å². The molecule has 0 radical (unpaired) electrons. The highest BCUT2D eigenvalue weighted by Gasteiger charge is 2.20. The second-order valence-corrected chi connectivity index (χ2v) is 6.91. The number of ether oxygens (including phenoxy) is 2. The van der Waals surface area contributed by atoms with Crippen LogP contribution in [0.1, 0.15) is 27.4 Å². The van der Waals surface area contributed by atoms with E-state index in [9.17, 15) is 15.3 Å². The minimum Gasteiger partial charge on any atom is -0.493 e. The van der Waals surface area contributed by atoms with Crippen LogP contribution >= 0.6 is 0 Å². The van der Waals surface area contributed by atoms with Crippen molar-refractivity contribution in [3.63, 3.8) is 0 Å². The van der Waals surface area contributed by atoms with Crippen LogP contribution in [0.3, 0.4) is 0 Å². The van der Waals surface area contributed by atoms with Crippen molar-refractivity contribution in [3.05, 3.63) is 89.5 Å². The molecule has 2 heterocycles. The number of para-hydroxylation sites is 1. The molecule has 2 aromatic heterocycles. The van der Waals surface area contributed by atoms with Crippen molar-refractivity contribution >= 4 is 23.4 Å². The van der Waals surface area contributed by atoms with Gasteiger partial charge in [-0.1, -0.05) is 24.3 Å². The van der Waals surface area contributed by atoms with Crippen molar-refractivity contribution in [1.29, 1.82) is 10.5 Å². The summed E-state index contributed by atoms with van der Waals surface area (Å²) >= 11 is 0. The maximum absolute atomic E-state index is 12.2. The van der Waals surface area contributed by atoms with E-state index in [-0.39, 0.29) is 39.9 Å². The number of carbonyl (C=O) groups excluding carboxylic acids is 1. The van der Waals surface area contributed by atoms with Crippen molar-refractivity contribution in [2.45, 2.75) is 0 Å². The van der Waals surface area contributed by atoms with Gasteiger partial charge in [0.15, 0.2) is 11.5 Å². The van der Waals surface area contributed by atoms with Crippen LogP contribution in [0.5, 0.6) is 11.5 Å². The number of aromatic nitrogens is 2. The zero-order chi connectivity index (χ0) is 24.1. The quantitative estimate of drug-likeness (QED) is 0.261. The van der Waals surface area contributed by atoms with Crippen molar-refractivity contribution in [1.82, 2.24) is 9.78 Å². The zero-order valence-corrected chi connectivity index (χ0v) is 17.9. The summed E-state index contributed by atoms with van der Waals surface area (Å²) in [5, 5.41) is 23.9. The molecular weight excluding hydrogens is 434 g/mol. The van der Waals surface area contributed by atoms with Crippen LogP contribution in [0.4, 0.5) is 5.82 Å². The summed E-state index contributed by atoms with van der Waals surface area (Å²) in [6.07, 6.45) is 2.91. The number of methoxy groups -OCH3 is 1.